The van der Waals surface area contributed by atoms with E-state index in [4.69, 9.17) is 16.3 Å². The quantitative estimate of drug-likeness (QED) is 0.887. The van der Waals surface area contributed by atoms with Crippen molar-refractivity contribution in [1.82, 2.24) is 4.90 Å². The molecular weight excluding hydrogens is 312 g/mol. The average molecular weight is 337 g/mol. The first-order valence-electron chi connectivity index (χ1n) is 8.45. The van der Waals surface area contributed by atoms with Crippen molar-refractivity contribution in [2.24, 2.45) is 5.92 Å². The standard InChI is InChI=1S/C18H25ClN2O2/c1-12-9-16(17(23-2)11-15(12)19)20-18(22)10-13-5-7-21(8-6-13)14-3-4-14/h9,11,13-14H,3-8,10H2,1-2H3,(H,20,22). The first-order valence-corrected chi connectivity index (χ1v) is 8.82. The summed E-state index contributed by atoms with van der Waals surface area (Å²) in [6.07, 6.45) is 5.56. The maximum atomic E-state index is 12.4. The van der Waals surface area contributed by atoms with Gasteiger partial charge in [0, 0.05) is 23.6 Å². The fourth-order valence-electron chi connectivity index (χ4n) is 3.36. The van der Waals surface area contributed by atoms with Crippen LogP contribution in [0.25, 0.3) is 0 Å². The van der Waals surface area contributed by atoms with Gasteiger partial charge in [0.05, 0.1) is 12.8 Å². The van der Waals surface area contributed by atoms with Gasteiger partial charge in [-0.1, -0.05) is 11.6 Å². The molecule has 1 saturated heterocycles. The van der Waals surface area contributed by atoms with E-state index < -0.39 is 0 Å². The van der Waals surface area contributed by atoms with Gasteiger partial charge < -0.3 is 15.0 Å². The molecule has 5 heteroatoms. The number of likely N-dealkylation sites (tertiary alicyclic amines) is 1. The number of amides is 1. The monoisotopic (exact) mass is 336 g/mol. The van der Waals surface area contributed by atoms with Gasteiger partial charge in [-0.25, -0.2) is 0 Å². The molecule has 0 atom stereocenters. The zero-order valence-electron chi connectivity index (χ0n) is 13.9. The maximum absolute atomic E-state index is 12.4. The zero-order valence-corrected chi connectivity index (χ0v) is 14.7. The predicted molar refractivity (Wildman–Crippen MR) is 93.3 cm³/mol. The molecule has 2 aliphatic rings. The molecule has 0 unspecified atom stereocenters. The number of carbonyl (C=O) groups is 1. The molecule has 0 bridgehead atoms. The van der Waals surface area contributed by atoms with Gasteiger partial charge in [0.1, 0.15) is 5.75 Å². The van der Waals surface area contributed by atoms with Crippen LogP contribution >= 0.6 is 11.6 Å². The Morgan fingerprint density at radius 1 is 1.30 bits per heavy atom. The van der Waals surface area contributed by atoms with E-state index >= 15 is 0 Å². The van der Waals surface area contributed by atoms with E-state index in [1.54, 1.807) is 13.2 Å². The summed E-state index contributed by atoms with van der Waals surface area (Å²) in [7, 11) is 1.59. The molecule has 1 saturated carbocycles. The van der Waals surface area contributed by atoms with Gasteiger partial charge >= 0.3 is 0 Å². The van der Waals surface area contributed by atoms with Crippen molar-refractivity contribution >= 4 is 23.2 Å². The third kappa shape index (κ3) is 4.18. The second-order valence-corrected chi connectivity index (χ2v) is 7.17. The number of benzene rings is 1. The number of halogens is 1. The van der Waals surface area contributed by atoms with Crippen LogP contribution in [-0.2, 0) is 4.79 Å². The fourth-order valence-corrected chi connectivity index (χ4v) is 3.51. The lowest BCUT2D eigenvalue weighted by Gasteiger charge is -2.31. The highest BCUT2D eigenvalue weighted by Crippen LogP contribution is 2.33. The summed E-state index contributed by atoms with van der Waals surface area (Å²) in [5, 5.41) is 3.63. The van der Waals surface area contributed by atoms with E-state index in [0.717, 1.165) is 37.5 Å². The number of ether oxygens (including phenoxy) is 1. The highest BCUT2D eigenvalue weighted by atomic mass is 35.5. The number of nitrogens with one attached hydrogen (secondary N) is 1. The summed E-state index contributed by atoms with van der Waals surface area (Å²) in [4.78, 5) is 14.9. The van der Waals surface area contributed by atoms with Crippen LogP contribution in [0, 0.1) is 12.8 Å². The molecule has 4 nitrogen and oxygen atoms in total. The van der Waals surface area contributed by atoms with E-state index in [2.05, 4.69) is 10.2 Å². The average Bonchev–Trinajstić information content (AvgIpc) is 3.36. The van der Waals surface area contributed by atoms with Crippen LogP contribution in [0.2, 0.25) is 5.02 Å². The Bertz CT molecular complexity index is 579. The molecule has 0 radical (unpaired) electrons. The van der Waals surface area contributed by atoms with Crippen LogP contribution in [0.15, 0.2) is 12.1 Å². The molecule has 0 aromatic heterocycles. The van der Waals surface area contributed by atoms with Crippen molar-refractivity contribution < 1.29 is 9.53 Å². The molecule has 1 aromatic carbocycles. The minimum absolute atomic E-state index is 0.0647. The van der Waals surface area contributed by atoms with Gasteiger partial charge in [-0.3, -0.25) is 4.79 Å². The molecule has 1 aliphatic carbocycles. The summed E-state index contributed by atoms with van der Waals surface area (Å²) in [6, 6.07) is 4.46. The number of nitrogens with zero attached hydrogens (tertiary/aromatic N) is 1. The molecule has 1 aromatic rings. The SMILES string of the molecule is COc1cc(Cl)c(C)cc1NC(=O)CC1CCN(C2CC2)CC1. The van der Waals surface area contributed by atoms with Crippen LogP contribution < -0.4 is 10.1 Å². The molecule has 0 spiro atoms. The lowest BCUT2D eigenvalue weighted by molar-refractivity contribution is -0.117. The summed E-state index contributed by atoms with van der Waals surface area (Å²) in [6.45, 7) is 4.21. The summed E-state index contributed by atoms with van der Waals surface area (Å²) in [5.41, 5.74) is 1.63. The minimum Gasteiger partial charge on any atom is -0.495 e. The van der Waals surface area contributed by atoms with E-state index in [1.165, 1.54) is 12.8 Å². The molecule has 126 valence electrons. The van der Waals surface area contributed by atoms with Crippen molar-refractivity contribution in [1.29, 1.82) is 0 Å². The van der Waals surface area contributed by atoms with Crippen LogP contribution in [0.4, 0.5) is 5.69 Å². The number of hydrogen-bond donors (Lipinski definition) is 1. The van der Waals surface area contributed by atoms with Gasteiger partial charge in [0.25, 0.3) is 0 Å². The molecule has 3 rings (SSSR count). The van der Waals surface area contributed by atoms with Crippen molar-refractivity contribution in [3.8, 4) is 5.75 Å². The molecule has 1 aliphatic heterocycles. The number of rotatable bonds is 5. The van der Waals surface area contributed by atoms with E-state index in [9.17, 15) is 4.79 Å². The van der Waals surface area contributed by atoms with E-state index in [1.807, 2.05) is 13.0 Å². The maximum Gasteiger partial charge on any atom is 0.224 e. The van der Waals surface area contributed by atoms with Crippen LogP contribution in [0.3, 0.4) is 0 Å². The van der Waals surface area contributed by atoms with E-state index in [0.29, 0.717) is 28.8 Å². The van der Waals surface area contributed by atoms with Crippen molar-refractivity contribution in [2.45, 2.75) is 45.1 Å². The largest absolute Gasteiger partial charge is 0.495 e. The summed E-state index contributed by atoms with van der Waals surface area (Å²) in [5.74, 6) is 1.16. The smallest absolute Gasteiger partial charge is 0.224 e. The second kappa shape index (κ2) is 7.10. The molecule has 2 fully saturated rings. The predicted octanol–water partition coefficient (Wildman–Crippen LogP) is 3.86. The van der Waals surface area contributed by atoms with Crippen LogP contribution in [0.1, 0.15) is 37.7 Å². The van der Waals surface area contributed by atoms with Crippen molar-refractivity contribution in [2.75, 3.05) is 25.5 Å². The van der Waals surface area contributed by atoms with Gasteiger partial charge in [0.2, 0.25) is 5.91 Å². The normalized spacial score (nSPS) is 19.6. The van der Waals surface area contributed by atoms with Gasteiger partial charge in [0.15, 0.2) is 0 Å². The molecule has 1 heterocycles. The highest BCUT2D eigenvalue weighted by molar-refractivity contribution is 6.31. The van der Waals surface area contributed by atoms with Gasteiger partial charge in [-0.05, 0) is 63.2 Å². The molecule has 1 N–H and O–H groups in total. The van der Waals surface area contributed by atoms with Crippen molar-refractivity contribution in [3.63, 3.8) is 0 Å². The lowest BCUT2D eigenvalue weighted by atomic mass is 9.93. The molecule has 23 heavy (non-hydrogen) atoms. The Morgan fingerprint density at radius 3 is 2.61 bits per heavy atom. The summed E-state index contributed by atoms with van der Waals surface area (Å²) >= 11 is 6.10. The Kier molecular flexibility index (Phi) is 5.12. The number of hydrogen-bond acceptors (Lipinski definition) is 3. The first-order chi connectivity index (χ1) is 11.1. The number of aryl methyl sites for hydroxylation is 1. The Morgan fingerprint density at radius 2 is 2.00 bits per heavy atom. The van der Waals surface area contributed by atoms with Gasteiger partial charge in [-0.2, -0.15) is 0 Å². The van der Waals surface area contributed by atoms with Crippen molar-refractivity contribution in [3.05, 3.63) is 22.7 Å². The Balaban J connectivity index is 1.54. The van der Waals surface area contributed by atoms with Crippen LogP contribution in [-0.4, -0.2) is 37.0 Å². The first kappa shape index (κ1) is 16.6. The third-order valence-corrected chi connectivity index (χ3v) is 5.35. The number of anilines is 1. The highest BCUT2D eigenvalue weighted by Gasteiger charge is 2.32. The number of carbonyl (C=O) groups excluding carboxylic acids is 1. The number of methoxy groups -OCH3 is 1. The second-order valence-electron chi connectivity index (χ2n) is 6.76. The fraction of sp³-hybridized carbons (Fsp3) is 0.611. The lowest BCUT2D eigenvalue weighted by Crippen LogP contribution is -2.36. The van der Waals surface area contributed by atoms with E-state index in [-0.39, 0.29) is 5.91 Å². The third-order valence-electron chi connectivity index (χ3n) is 4.94. The molecular formula is C18H25ClN2O2. The Hall–Kier alpha value is -1.26. The zero-order chi connectivity index (χ0) is 16.4. The summed E-state index contributed by atoms with van der Waals surface area (Å²) < 4.78 is 5.31. The van der Waals surface area contributed by atoms with Gasteiger partial charge in [-0.15, -0.1) is 0 Å². The topological polar surface area (TPSA) is 41.6 Å². The Labute approximate surface area is 143 Å². The molecule has 1 amide bonds. The minimum atomic E-state index is 0.0647. The van der Waals surface area contributed by atoms with Crippen LogP contribution in [0.5, 0.6) is 5.75 Å². The number of piperidine rings is 1.